The molecule has 0 fully saturated rings. The van der Waals surface area contributed by atoms with Crippen molar-refractivity contribution in [2.45, 2.75) is 0 Å². The fourth-order valence-electron chi connectivity index (χ4n) is 1.07. The second-order valence-electron chi connectivity index (χ2n) is 3.32. The Morgan fingerprint density at radius 1 is 1.44 bits per heavy atom. The number of rotatable bonds is 3. The predicted molar refractivity (Wildman–Crippen MR) is 72.3 cm³/mol. The Kier molecular flexibility index (Phi) is 3.58. The molecular formula is C10H10ClN3S2. The zero-order valence-electron chi connectivity index (χ0n) is 8.85. The molecule has 6 heteroatoms. The van der Waals surface area contributed by atoms with Gasteiger partial charge in [-0.1, -0.05) is 11.6 Å². The SMILES string of the molecule is CN(C)/C=N/c1nc(-c2sccc2Cl)cs1. The standard InChI is InChI=1S/C10H10ClN3S2/c1-14(2)6-12-10-13-8(5-16-10)9-7(11)3-4-15-9/h3-6H,1-2H3/b12-6+. The Balaban J connectivity index is 2.23. The lowest BCUT2D eigenvalue weighted by Crippen LogP contribution is -2.06. The summed E-state index contributed by atoms with van der Waals surface area (Å²) < 4.78 is 0. The number of aliphatic imine (C=N–C) groups is 1. The smallest absolute Gasteiger partial charge is 0.211 e. The van der Waals surface area contributed by atoms with Crippen LogP contribution in [0.2, 0.25) is 5.02 Å². The van der Waals surface area contributed by atoms with E-state index in [1.165, 1.54) is 11.3 Å². The molecule has 0 aromatic carbocycles. The lowest BCUT2D eigenvalue weighted by atomic mass is 10.4. The highest BCUT2D eigenvalue weighted by atomic mass is 35.5. The number of hydrogen-bond donors (Lipinski definition) is 0. The van der Waals surface area contributed by atoms with Gasteiger partial charge in [0.25, 0.3) is 0 Å². The molecule has 0 unspecified atom stereocenters. The quantitative estimate of drug-likeness (QED) is 0.628. The van der Waals surface area contributed by atoms with E-state index in [-0.39, 0.29) is 0 Å². The van der Waals surface area contributed by atoms with Crippen LogP contribution >= 0.6 is 34.3 Å². The van der Waals surface area contributed by atoms with E-state index in [4.69, 9.17) is 11.6 Å². The Hall–Kier alpha value is -0.910. The van der Waals surface area contributed by atoms with Crippen LogP contribution in [0.25, 0.3) is 10.6 Å². The summed E-state index contributed by atoms with van der Waals surface area (Å²) in [6.45, 7) is 0. The highest BCUT2D eigenvalue weighted by Crippen LogP contribution is 2.35. The first-order valence-corrected chi connectivity index (χ1v) is 6.70. The van der Waals surface area contributed by atoms with Gasteiger partial charge in [-0.2, -0.15) is 0 Å². The molecule has 0 spiro atoms. The first-order chi connectivity index (χ1) is 7.66. The molecule has 0 aliphatic heterocycles. The summed E-state index contributed by atoms with van der Waals surface area (Å²) in [5, 5.41) is 5.42. The summed E-state index contributed by atoms with van der Waals surface area (Å²) >= 11 is 9.14. The Morgan fingerprint density at radius 2 is 2.25 bits per heavy atom. The van der Waals surface area contributed by atoms with Gasteiger partial charge in [-0.05, 0) is 11.4 Å². The third kappa shape index (κ3) is 2.61. The van der Waals surface area contributed by atoms with Crippen LogP contribution < -0.4 is 0 Å². The van der Waals surface area contributed by atoms with Gasteiger partial charge in [-0.15, -0.1) is 22.7 Å². The molecule has 16 heavy (non-hydrogen) atoms. The van der Waals surface area contributed by atoms with E-state index < -0.39 is 0 Å². The van der Waals surface area contributed by atoms with E-state index in [2.05, 4.69) is 9.98 Å². The van der Waals surface area contributed by atoms with Crippen LogP contribution in [0.5, 0.6) is 0 Å². The predicted octanol–water partition coefficient (Wildman–Crippen LogP) is 3.75. The molecule has 2 rings (SSSR count). The number of nitrogens with zero attached hydrogens (tertiary/aromatic N) is 3. The van der Waals surface area contributed by atoms with Crippen LogP contribution in [0.4, 0.5) is 5.13 Å². The first-order valence-electron chi connectivity index (χ1n) is 4.56. The number of thiophene rings is 1. The molecule has 2 aromatic rings. The van der Waals surface area contributed by atoms with Gasteiger partial charge in [-0.3, -0.25) is 0 Å². The summed E-state index contributed by atoms with van der Waals surface area (Å²) in [4.78, 5) is 11.5. The number of thiazole rings is 1. The van der Waals surface area contributed by atoms with Crippen LogP contribution in [0.15, 0.2) is 21.8 Å². The van der Waals surface area contributed by atoms with Crippen LogP contribution in [-0.2, 0) is 0 Å². The summed E-state index contributed by atoms with van der Waals surface area (Å²) in [5.74, 6) is 0. The molecule has 0 atom stereocenters. The summed E-state index contributed by atoms with van der Waals surface area (Å²) in [6, 6.07) is 1.88. The minimum atomic E-state index is 0.744. The number of aromatic nitrogens is 1. The molecule has 0 saturated heterocycles. The zero-order valence-corrected chi connectivity index (χ0v) is 11.2. The Morgan fingerprint density at radius 3 is 2.88 bits per heavy atom. The van der Waals surface area contributed by atoms with E-state index in [0.717, 1.165) is 20.7 Å². The Labute approximate surface area is 107 Å². The van der Waals surface area contributed by atoms with E-state index in [1.54, 1.807) is 17.7 Å². The van der Waals surface area contributed by atoms with Gasteiger partial charge < -0.3 is 4.90 Å². The third-order valence-electron chi connectivity index (χ3n) is 1.74. The fraction of sp³-hybridized carbons (Fsp3) is 0.200. The van der Waals surface area contributed by atoms with Crippen molar-refractivity contribution >= 4 is 45.7 Å². The van der Waals surface area contributed by atoms with Crippen molar-refractivity contribution in [1.82, 2.24) is 9.88 Å². The zero-order chi connectivity index (χ0) is 11.5. The Bertz CT molecular complexity index is 502. The summed E-state index contributed by atoms with van der Waals surface area (Å²) in [5.41, 5.74) is 0.899. The molecule has 0 aliphatic carbocycles. The molecule has 0 aliphatic rings. The van der Waals surface area contributed by atoms with E-state index in [9.17, 15) is 0 Å². The highest BCUT2D eigenvalue weighted by Gasteiger charge is 2.08. The van der Waals surface area contributed by atoms with Crippen LogP contribution in [0.1, 0.15) is 0 Å². The molecule has 0 radical (unpaired) electrons. The second-order valence-corrected chi connectivity index (χ2v) is 5.48. The van der Waals surface area contributed by atoms with Gasteiger partial charge in [0, 0.05) is 19.5 Å². The molecule has 84 valence electrons. The van der Waals surface area contributed by atoms with E-state index in [0.29, 0.717) is 0 Å². The van der Waals surface area contributed by atoms with Gasteiger partial charge in [-0.25, -0.2) is 9.98 Å². The maximum absolute atomic E-state index is 6.04. The van der Waals surface area contributed by atoms with Crippen molar-refractivity contribution in [2.75, 3.05) is 14.1 Å². The van der Waals surface area contributed by atoms with Gasteiger partial charge >= 0.3 is 0 Å². The number of halogens is 1. The summed E-state index contributed by atoms with van der Waals surface area (Å²) in [7, 11) is 3.85. The maximum Gasteiger partial charge on any atom is 0.211 e. The normalized spacial score (nSPS) is 11.2. The molecule has 2 aromatic heterocycles. The van der Waals surface area contributed by atoms with Crippen molar-refractivity contribution in [3.8, 4) is 10.6 Å². The lowest BCUT2D eigenvalue weighted by molar-refractivity contribution is 0.643. The third-order valence-corrected chi connectivity index (χ3v) is 3.85. The molecule has 3 nitrogen and oxygen atoms in total. The minimum absolute atomic E-state index is 0.744. The van der Waals surface area contributed by atoms with Gasteiger partial charge in [0.15, 0.2) is 0 Å². The van der Waals surface area contributed by atoms with Gasteiger partial charge in [0.1, 0.15) is 0 Å². The van der Waals surface area contributed by atoms with Gasteiger partial charge in [0.05, 0.1) is 21.9 Å². The molecule has 0 amide bonds. The van der Waals surface area contributed by atoms with Crippen LogP contribution in [0.3, 0.4) is 0 Å². The van der Waals surface area contributed by atoms with Crippen molar-refractivity contribution < 1.29 is 0 Å². The molecule has 2 heterocycles. The van der Waals surface area contributed by atoms with E-state index in [1.807, 2.05) is 35.8 Å². The maximum atomic E-state index is 6.04. The first kappa shape index (κ1) is 11.6. The lowest BCUT2D eigenvalue weighted by Gasteiger charge is -1.99. The van der Waals surface area contributed by atoms with Crippen molar-refractivity contribution in [3.63, 3.8) is 0 Å². The second kappa shape index (κ2) is 4.95. The van der Waals surface area contributed by atoms with Gasteiger partial charge in [0.2, 0.25) is 5.13 Å². The highest BCUT2D eigenvalue weighted by molar-refractivity contribution is 7.16. The van der Waals surface area contributed by atoms with Crippen molar-refractivity contribution in [3.05, 3.63) is 21.8 Å². The largest absolute Gasteiger partial charge is 0.369 e. The number of hydrogen-bond acceptors (Lipinski definition) is 4. The topological polar surface area (TPSA) is 28.5 Å². The molecule has 0 bridgehead atoms. The average Bonchev–Trinajstić information content (AvgIpc) is 2.83. The minimum Gasteiger partial charge on any atom is -0.369 e. The average molecular weight is 272 g/mol. The van der Waals surface area contributed by atoms with Crippen molar-refractivity contribution in [1.29, 1.82) is 0 Å². The molecule has 0 N–H and O–H groups in total. The van der Waals surface area contributed by atoms with E-state index >= 15 is 0 Å². The van der Waals surface area contributed by atoms with Crippen LogP contribution in [0, 0.1) is 0 Å². The molecular weight excluding hydrogens is 262 g/mol. The monoisotopic (exact) mass is 271 g/mol. The fourth-order valence-corrected chi connectivity index (χ4v) is 2.90. The molecule has 0 saturated carbocycles. The summed E-state index contributed by atoms with van der Waals surface area (Å²) in [6.07, 6.45) is 1.73. The van der Waals surface area contributed by atoms with Crippen molar-refractivity contribution in [2.24, 2.45) is 4.99 Å². The van der Waals surface area contributed by atoms with Crippen LogP contribution in [-0.4, -0.2) is 30.3 Å².